The van der Waals surface area contributed by atoms with Gasteiger partial charge in [0.2, 0.25) is 5.91 Å². The van der Waals surface area contributed by atoms with E-state index in [1.54, 1.807) is 6.92 Å². The molecule has 0 saturated carbocycles. The third kappa shape index (κ3) is 1.44. The van der Waals surface area contributed by atoms with E-state index in [1.165, 1.54) is 13.8 Å². The number of hydrogen-bond acceptors (Lipinski definition) is 3. The fraction of sp³-hybridized carbons (Fsp3) is 0.875. The Morgan fingerprint density at radius 1 is 1.50 bits per heavy atom. The Morgan fingerprint density at radius 2 is 2.00 bits per heavy atom. The molecule has 1 saturated heterocycles. The summed E-state index contributed by atoms with van der Waals surface area (Å²) in [4.78, 5) is 11.2. The highest BCUT2D eigenvalue weighted by Gasteiger charge is 2.46. The predicted octanol–water partition coefficient (Wildman–Crippen LogP) is -0.747. The highest BCUT2D eigenvalue weighted by molar-refractivity contribution is 5.83. The third-order valence-corrected chi connectivity index (χ3v) is 2.27. The van der Waals surface area contributed by atoms with Gasteiger partial charge in [0.25, 0.3) is 0 Å². The van der Waals surface area contributed by atoms with Crippen LogP contribution < -0.4 is 5.32 Å². The van der Waals surface area contributed by atoms with Crippen LogP contribution in [0, 0.1) is 5.92 Å². The van der Waals surface area contributed by atoms with Gasteiger partial charge in [-0.2, -0.15) is 0 Å². The minimum absolute atomic E-state index is 0.270. The number of amides is 1. The molecule has 1 rings (SSSR count). The van der Waals surface area contributed by atoms with Crippen LogP contribution in [0.5, 0.6) is 0 Å². The average Bonchev–Trinajstić information content (AvgIpc) is 2.05. The standard InChI is InChI=1S/C8H15NO3/c1-4-6(10)5(7(11)9-4)8(2,3)12/h4-6,10,12H,1-3H3,(H,9,11)/t4-,5-,6+/m0/s1. The van der Waals surface area contributed by atoms with E-state index in [1.807, 2.05) is 0 Å². The summed E-state index contributed by atoms with van der Waals surface area (Å²) in [6.45, 7) is 4.77. The van der Waals surface area contributed by atoms with Crippen molar-refractivity contribution in [1.29, 1.82) is 0 Å². The predicted molar refractivity (Wildman–Crippen MR) is 43.4 cm³/mol. The van der Waals surface area contributed by atoms with E-state index in [-0.39, 0.29) is 11.9 Å². The summed E-state index contributed by atoms with van der Waals surface area (Å²) >= 11 is 0. The molecule has 70 valence electrons. The van der Waals surface area contributed by atoms with E-state index in [9.17, 15) is 15.0 Å². The zero-order valence-corrected chi connectivity index (χ0v) is 7.53. The quantitative estimate of drug-likeness (QED) is 0.489. The van der Waals surface area contributed by atoms with Crippen molar-refractivity contribution in [2.45, 2.75) is 38.5 Å². The number of carbonyl (C=O) groups is 1. The zero-order chi connectivity index (χ0) is 9.52. The summed E-state index contributed by atoms with van der Waals surface area (Å²) in [6, 6.07) is -0.270. The lowest BCUT2D eigenvalue weighted by Crippen LogP contribution is -2.41. The van der Waals surface area contributed by atoms with Gasteiger partial charge in [0.15, 0.2) is 0 Å². The van der Waals surface area contributed by atoms with Crippen molar-refractivity contribution in [1.82, 2.24) is 5.32 Å². The van der Waals surface area contributed by atoms with Crippen molar-refractivity contribution >= 4 is 5.91 Å². The molecule has 0 aromatic carbocycles. The molecule has 0 unspecified atom stereocenters. The molecule has 0 aromatic heterocycles. The topological polar surface area (TPSA) is 69.6 Å². The molecule has 0 aliphatic carbocycles. The highest BCUT2D eigenvalue weighted by atomic mass is 16.3. The lowest BCUT2D eigenvalue weighted by Gasteiger charge is -2.26. The van der Waals surface area contributed by atoms with Crippen molar-refractivity contribution < 1.29 is 15.0 Å². The monoisotopic (exact) mass is 173 g/mol. The fourth-order valence-corrected chi connectivity index (χ4v) is 1.58. The Morgan fingerprint density at radius 3 is 2.17 bits per heavy atom. The first-order chi connectivity index (χ1) is 5.34. The zero-order valence-electron chi connectivity index (χ0n) is 7.53. The smallest absolute Gasteiger partial charge is 0.229 e. The molecule has 0 spiro atoms. The van der Waals surface area contributed by atoms with Crippen LogP contribution in [0.2, 0.25) is 0 Å². The highest BCUT2D eigenvalue weighted by Crippen LogP contribution is 2.26. The summed E-state index contributed by atoms with van der Waals surface area (Å²) in [5.41, 5.74) is -1.16. The molecule has 0 aromatic rings. The van der Waals surface area contributed by atoms with Gasteiger partial charge in [-0.15, -0.1) is 0 Å². The van der Waals surface area contributed by atoms with E-state index >= 15 is 0 Å². The Kier molecular flexibility index (Phi) is 2.14. The van der Waals surface area contributed by atoms with E-state index in [4.69, 9.17) is 0 Å². The van der Waals surface area contributed by atoms with E-state index in [0.29, 0.717) is 0 Å². The summed E-state index contributed by atoms with van der Waals surface area (Å²) in [5.74, 6) is -0.991. The molecule has 4 heteroatoms. The number of carbonyl (C=O) groups excluding carboxylic acids is 1. The molecule has 4 nitrogen and oxygen atoms in total. The molecular weight excluding hydrogens is 158 g/mol. The molecule has 1 aliphatic rings. The number of aliphatic hydroxyl groups excluding tert-OH is 1. The Bertz CT molecular complexity index is 197. The van der Waals surface area contributed by atoms with Gasteiger partial charge < -0.3 is 15.5 Å². The van der Waals surface area contributed by atoms with Crippen molar-refractivity contribution in [3.05, 3.63) is 0 Å². The first kappa shape index (κ1) is 9.48. The van der Waals surface area contributed by atoms with E-state index in [0.717, 1.165) is 0 Å². The van der Waals surface area contributed by atoms with Crippen LogP contribution in [0.25, 0.3) is 0 Å². The second kappa shape index (κ2) is 2.71. The van der Waals surface area contributed by atoms with Crippen LogP contribution in [0.15, 0.2) is 0 Å². The fourth-order valence-electron chi connectivity index (χ4n) is 1.58. The van der Waals surface area contributed by atoms with Gasteiger partial charge in [0.1, 0.15) is 0 Å². The first-order valence-electron chi connectivity index (χ1n) is 4.05. The minimum atomic E-state index is -1.16. The molecule has 1 amide bonds. The number of nitrogens with one attached hydrogen (secondary N) is 1. The summed E-state index contributed by atoms with van der Waals surface area (Å²) in [7, 11) is 0. The Labute approximate surface area is 71.6 Å². The van der Waals surface area contributed by atoms with Gasteiger partial charge in [-0.1, -0.05) is 0 Å². The third-order valence-electron chi connectivity index (χ3n) is 2.27. The van der Waals surface area contributed by atoms with Crippen LogP contribution in [-0.2, 0) is 4.79 Å². The molecule has 12 heavy (non-hydrogen) atoms. The van der Waals surface area contributed by atoms with Gasteiger partial charge in [0, 0.05) is 0 Å². The lowest BCUT2D eigenvalue weighted by atomic mass is 9.86. The molecule has 3 atom stereocenters. The summed E-state index contributed by atoms with van der Waals surface area (Å²) in [5, 5.41) is 21.6. The van der Waals surface area contributed by atoms with Crippen LogP contribution in [0.3, 0.4) is 0 Å². The summed E-state index contributed by atoms with van der Waals surface area (Å²) in [6.07, 6.45) is -0.794. The van der Waals surface area contributed by atoms with Crippen LogP contribution in [-0.4, -0.2) is 33.9 Å². The van der Waals surface area contributed by atoms with Gasteiger partial charge >= 0.3 is 0 Å². The SMILES string of the molecule is C[C@@H]1NC(=O)[C@@H](C(C)(C)O)[C@@H]1O. The minimum Gasteiger partial charge on any atom is -0.390 e. The normalized spacial score (nSPS) is 36.8. The van der Waals surface area contributed by atoms with Crippen LogP contribution in [0.1, 0.15) is 20.8 Å². The van der Waals surface area contributed by atoms with E-state index < -0.39 is 17.6 Å². The van der Waals surface area contributed by atoms with E-state index in [2.05, 4.69) is 5.32 Å². The van der Waals surface area contributed by atoms with Gasteiger partial charge in [-0.25, -0.2) is 0 Å². The lowest BCUT2D eigenvalue weighted by molar-refractivity contribution is -0.132. The van der Waals surface area contributed by atoms with Crippen LogP contribution in [0.4, 0.5) is 0 Å². The maximum atomic E-state index is 11.2. The van der Waals surface area contributed by atoms with Crippen molar-refractivity contribution in [2.75, 3.05) is 0 Å². The second-order valence-corrected chi connectivity index (χ2v) is 3.92. The van der Waals surface area contributed by atoms with Crippen molar-refractivity contribution in [3.8, 4) is 0 Å². The summed E-state index contributed by atoms with van der Waals surface area (Å²) < 4.78 is 0. The number of aliphatic hydroxyl groups is 2. The average molecular weight is 173 g/mol. The largest absolute Gasteiger partial charge is 0.390 e. The first-order valence-corrected chi connectivity index (χ1v) is 4.05. The molecule has 1 fully saturated rings. The van der Waals surface area contributed by atoms with Gasteiger partial charge in [-0.3, -0.25) is 4.79 Å². The Hall–Kier alpha value is -0.610. The van der Waals surface area contributed by atoms with Crippen molar-refractivity contribution in [2.24, 2.45) is 5.92 Å². The van der Waals surface area contributed by atoms with Gasteiger partial charge in [0.05, 0.1) is 23.7 Å². The molecule has 1 heterocycles. The second-order valence-electron chi connectivity index (χ2n) is 3.92. The van der Waals surface area contributed by atoms with Gasteiger partial charge in [-0.05, 0) is 20.8 Å². The maximum Gasteiger partial charge on any atom is 0.229 e. The number of hydrogen-bond donors (Lipinski definition) is 3. The maximum absolute atomic E-state index is 11.2. The molecule has 0 bridgehead atoms. The number of rotatable bonds is 1. The molecule has 1 aliphatic heterocycles. The molecular formula is C8H15NO3. The molecule has 0 radical (unpaired) electrons. The molecule has 3 N–H and O–H groups in total. The van der Waals surface area contributed by atoms with Crippen LogP contribution >= 0.6 is 0 Å². The Balaban J connectivity index is 2.84. The van der Waals surface area contributed by atoms with Crippen molar-refractivity contribution in [3.63, 3.8) is 0 Å².